The van der Waals surface area contributed by atoms with Crippen LogP contribution < -0.4 is 5.73 Å². The topological polar surface area (TPSA) is 59.2 Å². The molecule has 1 amide bonds. The number of pyridine rings is 1. The minimum atomic E-state index is 0.0928. The summed E-state index contributed by atoms with van der Waals surface area (Å²) in [5.74, 6) is 0.0928. The van der Waals surface area contributed by atoms with E-state index in [-0.39, 0.29) is 5.91 Å². The zero-order chi connectivity index (χ0) is 12.0. The number of carbonyl (C=O) groups is 1. The normalized spacial score (nSPS) is 10.2. The first-order valence-corrected chi connectivity index (χ1v) is 5.49. The van der Waals surface area contributed by atoms with Gasteiger partial charge in [0.05, 0.1) is 12.1 Å². The predicted molar refractivity (Wildman–Crippen MR) is 64.0 cm³/mol. The standard InChI is InChI=1S/C12H19N3O/c1-10-5-3-7-14-11(10)9-12(16)15(2)8-4-6-13/h3,5,7H,4,6,8-9,13H2,1-2H3. The lowest BCUT2D eigenvalue weighted by Crippen LogP contribution is -2.30. The minimum absolute atomic E-state index is 0.0928. The third-order valence-corrected chi connectivity index (χ3v) is 2.56. The molecule has 0 unspecified atom stereocenters. The van der Waals surface area contributed by atoms with Crippen molar-refractivity contribution in [1.82, 2.24) is 9.88 Å². The van der Waals surface area contributed by atoms with E-state index in [1.54, 1.807) is 18.1 Å². The van der Waals surface area contributed by atoms with Gasteiger partial charge < -0.3 is 10.6 Å². The van der Waals surface area contributed by atoms with Crippen molar-refractivity contribution in [3.63, 3.8) is 0 Å². The Hall–Kier alpha value is -1.42. The van der Waals surface area contributed by atoms with Crippen LogP contribution in [0.5, 0.6) is 0 Å². The molecule has 0 saturated heterocycles. The van der Waals surface area contributed by atoms with Crippen molar-refractivity contribution in [2.75, 3.05) is 20.1 Å². The summed E-state index contributed by atoms with van der Waals surface area (Å²) in [5, 5.41) is 0. The lowest BCUT2D eigenvalue weighted by molar-refractivity contribution is -0.129. The molecule has 0 bridgehead atoms. The van der Waals surface area contributed by atoms with Gasteiger partial charge in [-0.15, -0.1) is 0 Å². The number of rotatable bonds is 5. The third kappa shape index (κ3) is 3.62. The van der Waals surface area contributed by atoms with Gasteiger partial charge in [-0.3, -0.25) is 9.78 Å². The molecule has 88 valence electrons. The molecule has 0 saturated carbocycles. The smallest absolute Gasteiger partial charge is 0.228 e. The summed E-state index contributed by atoms with van der Waals surface area (Å²) in [6.45, 7) is 3.29. The molecular formula is C12H19N3O. The first-order valence-electron chi connectivity index (χ1n) is 5.49. The lowest BCUT2D eigenvalue weighted by Gasteiger charge is -2.16. The number of hydrogen-bond donors (Lipinski definition) is 1. The maximum Gasteiger partial charge on any atom is 0.228 e. The number of nitrogens with two attached hydrogens (primary N) is 1. The van der Waals surface area contributed by atoms with E-state index in [0.717, 1.165) is 17.7 Å². The highest BCUT2D eigenvalue weighted by molar-refractivity contribution is 5.78. The molecule has 2 N–H and O–H groups in total. The average molecular weight is 221 g/mol. The van der Waals surface area contributed by atoms with Crippen LogP contribution in [0.15, 0.2) is 18.3 Å². The summed E-state index contributed by atoms with van der Waals surface area (Å²) in [6, 6.07) is 3.84. The van der Waals surface area contributed by atoms with Crippen molar-refractivity contribution in [1.29, 1.82) is 0 Å². The Morgan fingerprint density at radius 3 is 2.94 bits per heavy atom. The van der Waals surface area contributed by atoms with Crippen LogP contribution in [0.1, 0.15) is 17.7 Å². The summed E-state index contributed by atoms with van der Waals surface area (Å²) in [7, 11) is 1.80. The van der Waals surface area contributed by atoms with E-state index in [1.165, 1.54) is 0 Å². The molecule has 0 atom stereocenters. The van der Waals surface area contributed by atoms with Crippen LogP contribution in [0.3, 0.4) is 0 Å². The van der Waals surface area contributed by atoms with E-state index < -0.39 is 0 Å². The molecule has 1 aromatic rings. The van der Waals surface area contributed by atoms with Gasteiger partial charge in [0.2, 0.25) is 5.91 Å². The SMILES string of the molecule is Cc1cccnc1CC(=O)N(C)CCCN. The van der Waals surface area contributed by atoms with Gasteiger partial charge in [-0.25, -0.2) is 0 Å². The Morgan fingerprint density at radius 1 is 1.56 bits per heavy atom. The molecular weight excluding hydrogens is 202 g/mol. The largest absolute Gasteiger partial charge is 0.345 e. The van der Waals surface area contributed by atoms with E-state index in [4.69, 9.17) is 5.73 Å². The van der Waals surface area contributed by atoms with E-state index in [9.17, 15) is 4.79 Å². The molecule has 0 fully saturated rings. The van der Waals surface area contributed by atoms with Gasteiger partial charge in [0.15, 0.2) is 0 Å². The molecule has 4 heteroatoms. The first kappa shape index (κ1) is 12.6. The van der Waals surface area contributed by atoms with Crippen LogP contribution in [0.2, 0.25) is 0 Å². The summed E-state index contributed by atoms with van der Waals surface area (Å²) in [5.41, 5.74) is 7.32. The van der Waals surface area contributed by atoms with E-state index in [2.05, 4.69) is 4.98 Å². The fourth-order valence-electron chi connectivity index (χ4n) is 1.43. The Morgan fingerprint density at radius 2 is 2.31 bits per heavy atom. The number of hydrogen-bond acceptors (Lipinski definition) is 3. The Balaban J connectivity index is 2.54. The molecule has 0 aromatic carbocycles. The molecule has 1 aromatic heterocycles. The number of aryl methyl sites for hydroxylation is 1. The van der Waals surface area contributed by atoms with Crippen LogP contribution in [0, 0.1) is 6.92 Å². The quantitative estimate of drug-likeness (QED) is 0.797. The second-order valence-corrected chi connectivity index (χ2v) is 3.90. The lowest BCUT2D eigenvalue weighted by atomic mass is 10.1. The van der Waals surface area contributed by atoms with Crippen molar-refractivity contribution in [3.8, 4) is 0 Å². The number of nitrogens with zero attached hydrogens (tertiary/aromatic N) is 2. The fraction of sp³-hybridized carbons (Fsp3) is 0.500. The molecule has 0 radical (unpaired) electrons. The summed E-state index contributed by atoms with van der Waals surface area (Å²) >= 11 is 0. The average Bonchev–Trinajstić information content (AvgIpc) is 2.28. The highest BCUT2D eigenvalue weighted by Crippen LogP contribution is 2.05. The van der Waals surface area contributed by atoms with Crippen LogP contribution in [0.4, 0.5) is 0 Å². The molecule has 0 aliphatic rings. The zero-order valence-corrected chi connectivity index (χ0v) is 9.94. The van der Waals surface area contributed by atoms with E-state index in [0.29, 0.717) is 19.5 Å². The molecule has 0 spiro atoms. The monoisotopic (exact) mass is 221 g/mol. The zero-order valence-electron chi connectivity index (χ0n) is 9.94. The minimum Gasteiger partial charge on any atom is -0.345 e. The maximum atomic E-state index is 11.8. The molecule has 0 aliphatic heterocycles. The van der Waals surface area contributed by atoms with E-state index in [1.807, 2.05) is 19.1 Å². The Labute approximate surface area is 96.5 Å². The predicted octanol–water partition coefficient (Wildman–Crippen LogP) is 0.740. The third-order valence-electron chi connectivity index (χ3n) is 2.56. The van der Waals surface area contributed by atoms with Gasteiger partial charge in [0, 0.05) is 19.8 Å². The van der Waals surface area contributed by atoms with Gasteiger partial charge in [0.1, 0.15) is 0 Å². The molecule has 16 heavy (non-hydrogen) atoms. The summed E-state index contributed by atoms with van der Waals surface area (Å²) in [6.07, 6.45) is 2.92. The van der Waals surface area contributed by atoms with Gasteiger partial charge in [-0.05, 0) is 31.5 Å². The Bertz CT molecular complexity index is 352. The maximum absolute atomic E-state index is 11.8. The number of amides is 1. The van der Waals surface area contributed by atoms with Crippen molar-refractivity contribution < 1.29 is 4.79 Å². The summed E-state index contributed by atoms with van der Waals surface area (Å²) < 4.78 is 0. The fourth-order valence-corrected chi connectivity index (χ4v) is 1.43. The van der Waals surface area contributed by atoms with Crippen LogP contribution >= 0.6 is 0 Å². The molecule has 1 rings (SSSR count). The van der Waals surface area contributed by atoms with E-state index >= 15 is 0 Å². The van der Waals surface area contributed by atoms with Crippen molar-refractivity contribution in [2.24, 2.45) is 5.73 Å². The molecule has 1 heterocycles. The van der Waals surface area contributed by atoms with Crippen LogP contribution in [0.25, 0.3) is 0 Å². The van der Waals surface area contributed by atoms with Crippen LogP contribution in [-0.4, -0.2) is 35.9 Å². The van der Waals surface area contributed by atoms with Gasteiger partial charge in [-0.2, -0.15) is 0 Å². The highest BCUT2D eigenvalue weighted by atomic mass is 16.2. The van der Waals surface area contributed by atoms with Crippen molar-refractivity contribution in [3.05, 3.63) is 29.6 Å². The Kier molecular flexibility index (Phi) is 4.92. The number of carbonyl (C=O) groups excluding carboxylic acids is 1. The van der Waals surface area contributed by atoms with Crippen LogP contribution in [-0.2, 0) is 11.2 Å². The number of aromatic nitrogens is 1. The number of likely N-dealkylation sites (N-methyl/N-ethyl adjacent to an activating group) is 1. The van der Waals surface area contributed by atoms with Gasteiger partial charge >= 0.3 is 0 Å². The van der Waals surface area contributed by atoms with Crippen molar-refractivity contribution in [2.45, 2.75) is 19.8 Å². The second-order valence-electron chi connectivity index (χ2n) is 3.90. The summed E-state index contributed by atoms with van der Waals surface area (Å²) in [4.78, 5) is 17.7. The molecule has 4 nitrogen and oxygen atoms in total. The first-order chi connectivity index (χ1) is 7.65. The molecule has 0 aliphatic carbocycles. The highest BCUT2D eigenvalue weighted by Gasteiger charge is 2.11. The second kappa shape index (κ2) is 6.23. The van der Waals surface area contributed by atoms with Gasteiger partial charge in [-0.1, -0.05) is 6.07 Å². The van der Waals surface area contributed by atoms with Crippen molar-refractivity contribution >= 4 is 5.91 Å². The van der Waals surface area contributed by atoms with Gasteiger partial charge in [0.25, 0.3) is 0 Å².